The van der Waals surface area contributed by atoms with Gasteiger partial charge in [0, 0.05) is 12.7 Å². The van der Waals surface area contributed by atoms with Crippen LogP contribution in [-0.4, -0.2) is 17.1 Å². The molecule has 0 spiro atoms. The minimum absolute atomic E-state index is 0.480. The van der Waals surface area contributed by atoms with Gasteiger partial charge in [0.15, 0.2) is 0 Å². The van der Waals surface area contributed by atoms with Crippen LogP contribution >= 0.6 is 11.6 Å². The second-order valence-corrected chi connectivity index (χ2v) is 2.53. The Balaban J connectivity index is 2.96. The number of ether oxygens (including phenoxy) is 1. The SMILES string of the molecule is COCc1ncnc(Cl)c1C. The number of methoxy groups -OCH3 is 1. The molecule has 1 rings (SSSR count). The lowest BCUT2D eigenvalue weighted by Crippen LogP contribution is -1.97. The van der Waals surface area contributed by atoms with Crippen LogP contribution in [0.1, 0.15) is 11.3 Å². The predicted molar refractivity (Wildman–Crippen MR) is 42.5 cm³/mol. The highest BCUT2D eigenvalue weighted by Gasteiger charge is 2.02. The van der Waals surface area contributed by atoms with Gasteiger partial charge >= 0.3 is 0 Å². The summed E-state index contributed by atoms with van der Waals surface area (Å²) in [7, 11) is 1.62. The summed E-state index contributed by atoms with van der Waals surface area (Å²) >= 11 is 5.74. The normalized spacial score (nSPS) is 10.1. The van der Waals surface area contributed by atoms with Gasteiger partial charge in [-0.1, -0.05) is 11.6 Å². The summed E-state index contributed by atoms with van der Waals surface area (Å²) in [6, 6.07) is 0. The van der Waals surface area contributed by atoms with Gasteiger partial charge in [-0.15, -0.1) is 0 Å². The molecule has 0 aliphatic heterocycles. The topological polar surface area (TPSA) is 35.0 Å². The van der Waals surface area contributed by atoms with Gasteiger partial charge in [0.2, 0.25) is 0 Å². The van der Waals surface area contributed by atoms with Gasteiger partial charge in [-0.25, -0.2) is 9.97 Å². The zero-order valence-corrected chi connectivity index (χ0v) is 7.22. The van der Waals surface area contributed by atoms with E-state index in [4.69, 9.17) is 16.3 Å². The van der Waals surface area contributed by atoms with Crippen molar-refractivity contribution < 1.29 is 4.74 Å². The first kappa shape index (κ1) is 8.43. The summed E-state index contributed by atoms with van der Waals surface area (Å²) in [6.07, 6.45) is 1.43. The molecule has 0 radical (unpaired) electrons. The fraction of sp³-hybridized carbons (Fsp3) is 0.429. The molecule has 4 heteroatoms. The average Bonchev–Trinajstić information content (AvgIpc) is 1.99. The van der Waals surface area contributed by atoms with Crippen LogP contribution in [0.2, 0.25) is 5.15 Å². The van der Waals surface area contributed by atoms with Crippen LogP contribution in [0.4, 0.5) is 0 Å². The molecule has 0 saturated heterocycles. The predicted octanol–water partition coefficient (Wildman–Crippen LogP) is 1.58. The Hall–Kier alpha value is -0.670. The zero-order chi connectivity index (χ0) is 8.27. The van der Waals surface area contributed by atoms with E-state index in [-0.39, 0.29) is 0 Å². The lowest BCUT2D eigenvalue weighted by atomic mass is 10.3. The van der Waals surface area contributed by atoms with Crippen LogP contribution in [0.15, 0.2) is 6.33 Å². The molecule has 0 atom stereocenters. The van der Waals surface area contributed by atoms with Crippen molar-refractivity contribution in [2.45, 2.75) is 13.5 Å². The maximum Gasteiger partial charge on any atom is 0.135 e. The Morgan fingerprint density at radius 3 is 2.91 bits per heavy atom. The van der Waals surface area contributed by atoms with Crippen molar-refractivity contribution >= 4 is 11.6 Å². The second kappa shape index (κ2) is 3.64. The molecule has 11 heavy (non-hydrogen) atoms. The van der Waals surface area contributed by atoms with E-state index in [1.54, 1.807) is 7.11 Å². The Morgan fingerprint density at radius 2 is 2.27 bits per heavy atom. The summed E-state index contributed by atoms with van der Waals surface area (Å²) in [6.45, 7) is 2.35. The summed E-state index contributed by atoms with van der Waals surface area (Å²) in [5.74, 6) is 0. The monoisotopic (exact) mass is 172 g/mol. The summed E-state index contributed by atoms with van der Waals surface area (Å²) in [5, 5.41) is 0.493. The van der Waals surface area contributed by atoms with E-state index in [1.165, 1.54) is 6.33 Å². The van der Waals surface area contributed by atoms with Crippen LogP contribution in [0.3, 0.4) is 0 Å². The van der Waals surface area contributed by atoms with Gasteiger partial charge in [-0.2, -0.15) is 0 Å². The van der Waals surface area contributed by atoms with Crippen molar-refractivity contribution in [3.8, 4) is 0 Å². The van der Waals surface area contributed by atoms with E-state index in [9.17, 15) is 0 Å². The largest absolute Gasteiger partial charge is 0.378 e. The minimum atomic E-state index is 0.480. The van der Waals surface area contributed by atoms with Crippen molar-refractivity contribution in [3.05, 3.63) is 22.7 Å². The Morgan fingerprint density at radius 1 is 1.55 bits per heavy atom. The highest BCUT2D eigenvalue weighted by Crippen LogP contribution is 2.13. The highest BCUT2D eigenvalue weighted by molar-refractivity contribution is 6.30. The summed E-state index contributed by atoms with van der Waals surface area (Å²) in [4.78, 5) is 7.83. The van der Waals surface area contributed by atoms with E-state index in [0.29, 0.717) is 11.8 Å². The van der Waals surface area contributed by atoms with Crippen molar-refractivity contribution in [2.75, 3.05) is 7.11 Å². The standard InChI is InChI=1S/C7H9ClN2O/c1-5-6(3-11-2)9-4-10-7(5)8/h4H,3H2,1-2H3. The lowest BCUT2D eigenvalue weighted by molar-refractivity contribution is 0.181. The first-order valence-electron chi connectivity index (χ1n) is 3.20. The molecule has 0 amide bonds. The smallest absolute Gasteiger partial charge is 0.135 e. The molecule has 0 unspecified atom stereocenters. The molecule has 0 bridgehead atoms. The second-order valence-electron chi connectivity index (χ2n) is 2.17. The summed E-state index contributed by atoms with van der Waals surface area (Å²) < 4.78 is 4.91. The fourth-order valence-electron chi connectivity index (χ4n) is 0.744. The molecule has 1 aromatic heterocycles. The molecule has 0 N–H and O–H groups in total. The Bertz CT molecular complexity index is 252. The van der Waals surface area contributed by atoms with Crippen LogP contribution in [0.5, 0.6) is 0 Å². The Kier molecular flexibility index (Phi) is 2.79. The van der Waals surface area contributed by atoms with Crippen LogP contribution in [-0.2, 0) is 11.3 Å². The molecule has 0 saturated carbocycles. The third kappa shape index (κ3) is 1.88. The molecule has 1 heterocycles. The number of halogens is 1. The molecule has 0 fully saturated rings. The third-order valence-electron chi connectivity index (χ3n) is 1.41. The van der Waals surface area contributed by atoms with Gasteiger partial charge < -0.3 is 4.74 Å². The first-order valence-corrected chi connectivity index (χ1v) is 3.58. The van der Waals surface area contributed by atoms with Gasteiger partial charge in [0.25, 0.3) is 0 Å². The van der Waals surface area contributed by atoms with Crippen molar-refractivity contribution in [3.63, 3.8) is 0 Å². The molecule has 0 aromatic carbocycles. The van der Waals surface area contributed by atoms with Crippen LogP contribution in [0, 0.1) is 6.92 Å². The molecule has 1 aromatic rings. The van der Waals surface area contributed by atoms with Crippen LogP contribution in [0.25, 0.3) is 0 Å². The van der Waals surface area contributed by atoms with Gasteiger partial charge in [0.1, 0.15) is 11.5 Å². The van der Waals surface area contributed by atoms with E-state index >= 15 is 0 Å². The molecular formula is C7H9ClN2O. The van der Waals surface area contributed by atoms with Gasteiger partial charge in [0.05, 0.1) is 12.3 Å². The van der Waals surface area contributed by atoms with Crippen molar-refractivity contribution in [1.29, 1.82) is 0 Å². The minimum Gasteiger partial charge on any atom is -0.378 e. The van der Waals surface area contributed by atoms with Gasteiger partial charge in [-0.3, -0.25) is 0 Å². The van der Waals surface area contributed by atoms with Crippen molar-refractivity contribution in [2.24, 2.45) is 0 Å². The lowest BCUT2D eigenvalue weighted by Gasteiger charge is -2.02. The molecular weight excluding hydrogens is 164 g/mol. The third-order valence-corrected chi connectivity index (χ3v) is 1.79. The molecule has 0 aliphatic rings. The Labute approximate surface area is 70.4 Å². The average molecular weight is 173 g/mol. The molecule has 3 nitrogen and oxygen atoms in total. The number of nitrogens with zero attached hydrogens (tertiary/aromatic N) is 2. The van der Waals surface area contributed by atoms with E-state index in [0.717, 1.165) is 11.3 Å². The maximum atomic E-state index is 5.74. The summed E-state index contributed by atoms with van der Waals surface area (Å²) in [5.41, 5.74) is 1.73. The van der Waals surface area contributed by atoms with E-state index in [1.807, 2.05) is 6.92 Å². The number of aromatic nitrogens is 2. The van der Waals surface area contributed by atoms with Gasteiger partial charge in [-0.05, 0) is 6.92 Å². The number of hydrogen-bond acceptors (Lipinski definition) is 3. The zero-order valence-electron chi connectivity index (χ0n) is 6.47. The quantitative estimate of drug-likeness (QED) is 0.636. The highest BCUT2D eigenvalue weighted by atomic mass is 35.5. The maximum absolute atomic E-state index is 5.74. The van der Waals surface area contributed by atoms with Crippen molar-refractivity contribution in [1.82, 2.24) is 9.97 Å². The fourth-order valence-corrected chi connectivity index (χ4v) is 0.897. The number of rotatable bonds is 2. The first-order chi connectivity index (χ1) is 5.25. The number of hydrogen-bond donors (Lipinski definition) is 0. The van der Waals surface area contributed by atoms with E-state index < -0.39 is 0 Å². The van der Waals surface area contributed by atoms with Crippen LogP contribution < -0.4 is 0 Å². The molecule has 60 valence electrons. The van der Waals surface area contributed by atoms with E-state index in [2.05, 4.69) is 9.97 Å². The molecule has 0 aliphatic carbocycles.